The Morgan fingerprint density at radius 2 is 1.76 bits per heavy atom. The first kappa shape index (κ1) is 34.8. The standard InChI is InChI=1S/C30H30F3N7O4.2ClH/c1-16-11-17(12-20(31)24(16)30(43)39-9-7-38(8-10-39)29(42)21-13-18(41)14-35-21)37-27-28-36-15-22(40(28)6-5-34-27)19-3-4-23(44-2)26(33)25(19)32;;/h3-6,11-12,15,18,21,35,41H,7-10,13-14H2,1-2H3,(H,34,37);2*1H/t18-,21+;;/m1../s1. The van der Waals surface area contributed by atoms with Crippen LogP contribution in [0.15, 0.2) is 42.9 Å². The van der Waals surface area contributed by atoms with E-state index in [1.807, 2.05) is 0 Å². The smallest absolute Gasteiger partial charge is 0.257 e. The molecule has 4 aromatic rings. The monoisotopic (exact) mass is 681 g/mol. The molecule has 2 amide bonds. The number of piperazine rings is 1. The van der Waals surface area contributed by atoms with E-state index >= 15 is 4.39 Å². The minimum Gasteiger partial charge on any atom is -0.494 e. The lowest BCUT2D eigenvalue weighted by Gasteiger charge is -2.36. The Morgan fingerprint density at radius 1 is 1.04 bits per heavy atom. The summed E-state index contributed by atoms with van der Waals surface area (Å²) in [5.41, 5.74) is 1.16. The van der Waals surface area contributed by atoms with E-state index in [4.69, 9.17) is 4.74 Å². The molecule has 2 fully saturated rings. The number of aliphatic hydroxyl groups is 1. The van der Waals surface area contributed by atoms with Gasteiger partial charge < -0.3 is 30.3 Å². The van der Waals surface area contributed by atoms with Crippen molar-refractivity contribution in [2.24, 2.45) is 0 Å². The fraction of sp³-hybridized carbons (Fsp3) is 0.333. The minimum atomic E-state index is -1.12. The Bertz CT molecular complexity index is 1750. The summed E-state index contributed by atoms with van der Waals surface area (Å²) < 4.78 is 51.0. The van der Waals surface area contributed by atoms with Crippen LogP contribution in [0.4, 0.5) is 24.7 Å². The van der Waals surface area contributed by atoms with Crippen molar-refractivity contribution < 1.29 is 32.6 Å². The number of hydrogen-bond donors (Lipinski definition) is 3. The van der Waals surface area contributed by atoms with Crippen molar-refractivity contribution in [2.45, 2.75) is 25.5 Å². The number of nitrogens with one attached hydrogen (secondary N) is 2. The van der Waals surface area contributed by atoms with Gasteiger partial charge in [-0.2, -0.15) is 4.39 Å². The number of ether oxygens (including phenoxy) is 1. The van der Waals surface area contributed by atoms with Crippen molar-refractivity contribution in [1.29, 1.82) is 0 Å². The van der Waals surface area contributed by atoms with Crippen LogP contribution < -0.4 is 15.4 Å². The molecule has 6 rings (SSSR count). The lowest BCUT2D eigenvalue weighted by atomic mass is 10.0. The van der Waals surface area contributed by atoms with Crippen molar-refractivity contribution >= 4 is 53.8 Å². The van der Waals surface area contributed by atoms with Gasteiger partial charge in [0.05, 0.1) is 36.7 Å². The largest absolute Gasteiger partial charge is 0.494 e. The number of nitrogens with zero attached hydrogens (tertiary/aromatic N) is 5. The topological polar surface area (TPSA) is 124 Å². The number of fused-ring (bicyclic) bond motifs is 1. The number of aryl methyl sites for hydroxylation is 1. The third-order valence-corrected chi connectivity index (χ3v) is 8.02. The van der Waals surface area contributed by atoms with Crippen molar-refractivity contribution in [3.63, 3.8) is 0 Å². The predicted molar refractivity (Wildman–Crippen MR) is 169 cm³/mol. The summed E-state index contributed by atoms with van der Waals surface area (Å²) in [5, 5.41) is 15.7. The fourth-order valence-corrected chi connectivity index (χ4v) is 5.73. The van der Waals surface area contributed by atoms with Gasteiger partial charge in [-0.25, -0.2) is 18.7 Å². The summed E-state index contributed by atoms with van der Waals surface area (Å²) in [6.07, 6.45) is 4.16. The number of rotatable bonds is 6. The van der Waals surface area contributed by atoms with Gasteiger partial charge in [-0.3, -0.25) is 14.0 Å². The Morgan fingerprint density at radius 3 is 2.41 bits per heavy atom. The maximum absolute atomic E-state index is 15.4. The zero-order chi connectivity index (χ0) is 31.1. The SMILES string of the molecule is COc1ccc(-c2cnc3c(Nc4cc(C)c(C(=O)N5CCN(C(=O)[C@@H]6C[C@@H](O)CN6)CC5)c(F)c4)nccn23)c(F)c1F.Cl.Cl. The number of methoxy groups -OCH3 is 1. The van der Waals surface area contributed by atoms with Gasteiger partial charge in [0.2, 0.25) is 11.7 Å². The first-order valence-electron chi connectivity index (χ1n) is 14.1. The van der Waals surface area contributed by atoms with E-state index in [1.54, 1.807) is 24.1 Å². The Hall–Kier alpha value is -4.11. The molecule has 46 heavy (non-hydrogen) atoms. The first-order chi connectivity index (χ1) is 21.2. The average molecular weight is 683 g/mol. The number of aromatic nitrogens is 3. The first-order valence-corrected chi connectivity index (χ1v) is 14.1. The molecular formula is C30H32Cl2F3N7O4. The molecule has 246 valence electrons. The Balaban J connectivity index is 0.00000240. The van der Waals surface area contributed by atoms with Crippen molar-refractivity contribution in [3.8, 4) is 17.0 Å². The second-order valence-electron chi connectivity index (χ2n) is 10.8. The summed E-state index contributed by atoms with van der Waals surface area (Å²) in [6, 6.07) is 5.07. The molecule has 0 unspecified atom stereocenters. The van der Waals surface area contributed by atoms with E-state index < -0.39 is 35.5 Å². The number of imidazole rings is 1. The molecule has 16 heteroatoms. The Kier molecular flexibility index (Phi) is 10.7. The number of benzene rings is 2. The number of anilines is 2. The van der Waals surface area contributed by atoms with E-state index in [2.05, 4.69) is 20.6 Å². The minimum absolute atomic E-state index is 0. The van der Waals surface area contributed by atoms with E-state index in [9.17, 15) is 23.5 Å². The molecule has 0 saturated carbocycles. The molecule has 3 N–H and O–H groups in total. The molecule has 2 aromatic carbocycles. The molecule has 0 aliphatic carbocycles. The summed E-state index contributed by atoms with van der Waals surface area (Å²) in [6.45, 7) is 3.14. The van der Waals surface area contributed by atoms with Crippen LogP contribution in [0, 0.1) is 24.4 Å². The highest BCUT2D eigenvalue weighted by atomic mass is 35.5. The number of amides is 2. The normalized spacial score (nSPS) is 17.8. The van der Waals surface area contributed by atoms with Crippen molar-refractivity contribution in [2.75, 3.05) is 45.2 Å². The van der Waals surface area contributed by atoms with E-state index in [0.29, 0.717) is 37.3 Å². The van der Waals surface area contributed by atoms with Crippen LogP contribution in [0.2, 0.25) is 0 Å². The summed E-state index contributed by atoms with van der Waals surface area (Å²) in [7, 11) is 1.25. The molecule has 2 aromatic heterocycles. The summed E-state index contributed by atoms with van der Waals surface area (Å²) in [4.78, 5) is 37.8. The van der Waals surface area contributed by atoms with Crippen molar-refractivity contribution in [3.05, 3.63) is 71.4 Å². The van der Waals surface area contributed by atoms with Crippen LogP contribution in [0.25, 0.3) is 16.9 Å². The van der Waals surface area contributed by atoms with Gasteiger partial charge in [0.25, 0.3) is 5.91 Å². The lowest BCUT2D eigenvalue weighted by Crippen LogP contribution is -2.54. The highest BCUT2D eigenvalue weighted by Gasteiger charge is 2.34. The number of hydrogen-bond acceptors (Lipinski definition) is 8. The number of aliphatic hydroxyl groups excluding tert-OH is 1. The van der Waals surface area contributed by atoms with E-state index in [-0.39, 0.29) is 77.8 Å². The zero-order valence-electron chi connectivity index (χ0n) is 24.8. The van der Waals surface area contributed by atoms with Gasteiger partial charge in [-0.05, 0) is 43.2 Å². The number of halogens is 5. The number of carbonyl (C=O) groups is 2. The molecule has 2 aliphatic rings. The van der Waals surface area contributed by atoms with E-state index in [1.165, 1.54) is 47.0 Å². The van der Waals surface area contributed by atoms with E-state index in [0.717, 1.165) is 0 Å². The van der Waals surface area contributed by atoms with Gasteiger partial charge >= 0.3 is 0 Å². The van der Waals surface area contributed by atoms with Crippen LogP contribution in [0.5, 0.6) is 5.75 Å². The fourth-order valence-electron chi connectivity index (χ4n) is 5.73. The quantitative estimate of drug-likeness (QED) is 0.281. The average Bonchev–Trinajstić information content (AvgIpc) is 3.65. The van der Waals surface area contributed by atoms with Gasteiger partial charge in [0.15, 0.2) is 23.0 Å². The van der Waals surface area contributed by atoms with Crippen LogP contribution >= 0.6 is 24.8 Å². The van der Waals surface area contributed by atoms with Crippen LogP contribution in [0.3, 0.4) is 0 Å². The highest BCUT2D eigenvalue weighted by molar-refractivity contribution is 5.97. The summed E-state index contributed by atoms with van der Waals surface area (Å²) in [5.74, 6) is -3.51. The molecule has 0 radical (unpaired) electrons. The maximum atomic E-state index is 15.4. The molecule has 2 saturated heterocycles. The molecule has 4 heterocycles. The Labute approximate surface area is 274 Å². The molecule has 11 nitrogen and oxygen atoms in total. The number of β-amino-alcohol motifs (C(OH)–C–C–N with tert-alkyl or cyclic N) is 1. The van der Waals surface area contributed by atoms with Gasteiger partial charge in [-0.15, -0.1) is 24.8 Å². The molecule has 2 atom stereocenters. The predicted octanol–water partition coefficient (Wildman–Crippen LogP) is 3.73. The van der Waals surface area contributed by atoms with Gasteiger partial charge in [0.1, 0.15) is 5.82 Å². The highest BCUT2D eigenvalue weighted by Crippen LogP contribution is 2.32. The molecule has 0 bridgehead atoms. The number of carbonyl (C=O) groups excluding carboxylic acids is 2. The second kappa shape index (κ2) is 14.1. The second-order valence-corrected chi connectivity index (χ2v) is 10.8. The van der Waals surface area contributed by atoms with Crippen LogP contribution in [-0.2, 0) is 4.79 Å². The molecule has 0 spiro atoms. The molecule has 2 aliphatic heterocycles. The van der Waals surface area contributed by atoms with Crippen LogP contribution in [-0.4, -0.2) is 93.1 Å². The third-order valence-electron chi connectivity index (χ3n) is 8.02. The van der Waals surface area contributed by atoms with Crippen LogP contribution in [0.1, 0.15) is 22.3 Å². The van der Waals surface area contributed by atoms with Gasteiger partial charge in [0, 0.05) is 56.4 Å². The zero-order valence-corrected chi connectivity index (χ0v) is 26.4. The molecular weight excluding hydrogens is 650 g/mol. The summed E-state index contributed by atoms with van der Waals surface area (Å²) >= 11 is 0. The lowest BCUT2D eigenvalue weighted by molar-refractivity contribution is -0.134. The van der Waals surface area contributed by atoms with Gasteiger partial charge in [-0.1, -0.05) is 0 Å². The maximum Gasteiger partial charge on any atom is 0.257 e. The third kappa shape index (κ3) is 6.43. The van der Waals surface area contributed by atoms with Crippen molar-refractivity contribution in [1.82, 2.24) is 29.5 Å².